The van der Waals surface area contributed by atoms with Gasteiger partial charge in [-0.2, -0.15) is 0 Å². The molecule has 3 nitrogen and oxygen atoms in total. The largest absolute Gasteiger partial charge is 0.396 e. The first-order valence-corrected chi connectivity index (χ1v) is 5.84. The summed E-state index contributed by atoms with van der Waals surface area (Å²) in [5.74, 6) is 0.566. The number of nitrogens with two attached hydrogens (primary N) is 1. The van der Waals surface area contributed by atoms with Crippen molar-refractivity contribution in [2.75, 3.05) is 30.8 Å². The van der Waals surface area contributed by atoms with Gasteiger partial charge in [0, 0.05) is 13.2 Å². The molecule has 0 spiro atoms. The Morgan fingerprint density at radius 3 is 2.88 bits per heavy atom. The first kappa shape index (κ1) is 13.1. The van der Waals surface area contributed by atoms with Gasteiger partial charge in [0.1, 0.15) is 0 Å². The van der Waals surface area contributed by atoms with Crippen molar-refractivity contribution in [2.45, 2.75) is 13.8 Å². The number of anilines is 2. The van der Waals surface area contributed by atoms with Gasteiger partial charge in [-0.3, -0.25) is 0 Å². The minimum Gasteiger partial charge on any atom is -0.396 e. The van der Waals surface area contributed by atoms with Crippen molar-refractivity contribution < 1.29 is 4.74 Å². The normalized spacial score (nSPS) is 10.8. The zero-order valence-electron chi connectivity index (χ0n) is 9.79. The van der Waals surface area contributed by atoms with Crippen LogP contribution in [0, 0.1) is 5.92 Å². The summed E-state index contributed by atoms with van der Waals surface area (Å²) in [5, 5.41) is 3.77. The summed E-state index contributed by atoms with van der Waals surface area (Å²) >= 11 is 5.90. The van der Waals surface area contributed by atoms with Crippen LogP contribution < -0.4 is 11.1 Å². The molecule has 0 aliphatic carbocycles. The Morgan fingerprint density at radius 2 is 2.19 bits per heavy atom. The van der Waals surface area contributed by atoms with Crippen molar-refractivity contribution in [1.82, 2.24) is 0 Å². The van der Waals surface area contributed by atoms with Gasteiger partial charge in [-0.25, -0.2) is 0 Å². The Bertz CT molecular complexity index is 329. The number of rotatable bonds is 6. The van der Waals surface area contributed by atoms with Gasteiger partial charge in [0.05, 0.1) is 23.0 Å². The monoisotopic (exact) mass is 242 g/mol. The number of hydrogen-bond acceptors (Lipinski definition) is 3. The third-order valence-electron chi connectivity index (χ3n) is 2.07. The molecule has 0 radical (unpaired) electrons. The van der Waals surface area contributed by atoms with Gasteiger partial charge in [-0.05, 0) is 18.1 Å². The topological polar surface area (TPSA) is 47.3 Å². The molecule has 4 heteroatoms. The van der Waals surface area contributed by atoms with E-state index >= 15 is 0 Å². The van der Waals surface area contributed by atoms with E-state index in [4.69, 9.17) is 22.1 Å². The van der Waals surface area contributed by atoms with E-state index in [9.17, 15) is 0 Å². The summed E-state index contributed by atoms with van der Waals surface area (Å²) in [6.45, 7) is 6.44. The van der Waals surface area contributed by atoms with Crippen LogP contribution in [-0.2, 0) is 4.74 Å². The van der Waals surface area contributed by atoms with Gasteiger partial charge in [-0.1, -0.05) is 31.5 Å². The molecule has 90 valence electrons. The van der Waals surface area contributed by atoms with Crippen LogP contribution in [0.4, 0.5) is 11.4 Å². The van der Waals surface area contributed by atoms with Crippen molar-refractivity contribution in [3.05, 3.63) is 23.2 Å². The minimum absolute atomic E-state index is 0.566. The lowest BCUT2D eigenvalue weighted by Gasteiger charge is -2.11. The minimum atomic E-state index is 0.566. The third kappa shape index (κ3) is 4.29. The molecule has 0 amide bonds. The predicted molar refractivity (Wildman–Crippen MR) is 70.0 cm³/mol. The van der Waals surface area contributed by atoms with Gasteiger partial charge in [0.15, 0.2) is 0 Å². The third-order valence-corrected chi connectivity index (χ3v) is 2.40. The molecule has 1 aromatic carbocycles. The maximum absolute atomic E-state index is 5.90. The van der Waals surface area contributed by atoms with Crippen molar-refractivity contribution in [2.24, 2.45) is 5.92 Å². The van der Waals surface area contributed by atoms with E-state index in [1.807, 2.05) is 12.1 Å². The molecule has 1 rings (SSSR count). The van der Waals surface area contributed by atoms with Crippen molar-refractivity contribution in [3.8, 4) is 0 Å². The van der Waals surface area contributed by atoms with E-state index in [0.717, 1.165) is 18.8 Å². The lowest BCUT2D eigenvalue weighted by atomic mass is 10.2. The van der Waals surface area contributed by atoms with Gasteiger partial charge < -0.3 is 15.8 Å². The second-order valence-electron chi connectivity index (χ2n) is 4.10. The molecule has 16 heavy (non-hydrogen) atoms. The lowest BCUT2D eigenvalue weighted by molar-refractivity contribution is 0.118. The molecule has 0 fully saturated rings. The van der Waals surface area contributed by atoms with Gasteiger partial charge in [0.2, 0.25) is 0 Å². The number of halogens is 1. The van der Waals surface area contributed by atoms with Crippen LogP contribution in [0.3, 0.4) is 0 Å². The zero-order chi connectivity index (χ0) is 12.0. The van der Waals surface area contributed by atoms with E-state index in [1.165, 1.54) is 0 Å². The SMILES string of the molecule is CC(C)COCCNc1cccc(Cl)c1N. The Kier molecular flexibility index (Phi) is 5.43. The first-order valence-electron chi connectivity index (χ1n) is 5.47. The highest BCUT2D eigenvalue weighted by Gasteiger charge is 2.01. The van der Waals surface area contributed by atoms with Gasteiger partial charge in [0.25, 0.3) is 0 Å². The zero-order valence-corrected chi connectivity index (χ0v) is 10.6. The van der Waals surface area contributed by atoms with Gasteiger partial charge in [-0.15, -0.1) is 0 Å². The second-order valence-corrected chi connectivity index (χ2v) is 4.50. The van der Waals surface area contributed by atoms with E-state index in [2.05, 4.69) is 19.2 Å². The quantitative estimate of drug-likeness (QED) is 0.596. The van der Waals surface area contributed by atoms with Crippen LogP contribution in [-0.4, -0.2) is 19.8 Å². The average molecular weight is 243 g/mol. The van der Waals surface area contributed by atoms with Crippen molar-refractivity contribution in [1.29, 1.82) is 0 Å². The fourth-order valence-corrected chi connectivity index (χ4v) is 1.44. The van der Waals surface area contributed by atoms with E-state index in [1.54, 1.807) is 6.07 Å². The van der Waals surface area contributed by atoms with E-state index < -0.39 is 0 Å². The molecule has 0 heterocycles. The van der Waals surface area contributed by atoms with E-state index in [0.29, 0.717) is 23.2 Å². The molecule has 0 aliphatic heterocycles. The van der Waals surface area contributed by atoms with Crippen LogP contribution in [0.5, 0.6) is 0 Å². The molecule has 0 aromatic heterocycles. The molecule has 0 atom stereocenters. The predicted octanol–water partition coefficient (Wildman–Crippen LogP) is 3.01. The molecular formula is C12H19ClN2O. The average Bonchev–Trinajstić information content (AvgIpc) is 2.23. The van der Waals surface area contributed by atoms with Crippen LogP contribution in [0.25, 0.3) is 0 Å². The Hall–Kier alpha value is -0.930. The Morgan fingerprint density at radius 1 is 1.44 bits per heavy atom. The van der Waals surface area contributed by atoms with E-state index in [-0.39, 0.29) is 0 Å². The molecular weight excluding hydrogens is 224 g/mol. The maximum Gasteiger partial charge on any atom is 0.0739 e. The summed E-state index contributed by atoms with van der Waals surface area (Å²) in [5.41, 5.74) is 7.26. The number of nitrogens with one attached hydrogen (secondary N) is 1. The molecule has 0 aliphatic rings. The Balaban J connectivity index is 2.29. The highest BCUT2D eigenvalue weighted by molar-refractivity contribution is 6.33. The number of nitrogen functional groups attached to an aromatic ring is 1. The second kappa shape index (κ2) is 6.61. The molecule has 0 unspecified atom stereocenters. The summed E-state index contributed by atoms with van der Waals surface area (Å²) in [7, 11) is 0. The summed E-state index contributed by atoms with van der Waals surface area (Å²) in [4.78, 5) is 0. The summed E-state index contributed by atoms with van der Waals surface area (Å²) < 4.78 is 5.45. The van der Waals surface area contributed by atoms with Crippen LogP contribution in [0.2, 0.25) is 5.02 Å². The van der Waals surface area contributed by atoms with Crippen LogP contribution >= 0.6 is 11.6 Å². The number of ether oxygens (including phenoxy) is 1. The van der Waals surface area contributed by atoms with Crippen LogP contribution in [0.15, 0.2) is 18.2 Å². The standard InChI is InChI=1S/C12H19ClN2O/c1-9(2)8-16-7-6-15-11-5-3-4-10(13)12(11)14/h3-5,9,15H,6-8,14H2,1-2H3. The first-order chi connectivity index (χ1) is 7.61. The Labute approximate surface area is 102 Å². The fraction of sp³-hybridized carbons (Fsp3) is 0.500. The maximum atomic E-state index is 5.90. The summed E-state index contributed by atoms with van der Waals surface area (Å²) in [6, 6.07) is 5.55. The van der Waals surface area contributed by atoms with Crippen molar-refractivity contribution >= 4 is 23.0 Å². The molecule has 0 saturated heterocycles. The van der Waals surface area contributed by atoms with Crippen molar-refractivity contribution in [3.63, 3.8) is 0 Å². The molecule has 1 aromatic rings. The number of para-hydroxylation sites is 1. The number of hydrogen-bond donors (Lipinski definition) is 2. The number of benzene rings is 1. The lowest BCUT2D eigenvalue weighted by Crippen LogP contribution is -2.13. The smallest absolute Gasteiger partial charge is 0.0739 e. The highest BCUT2D eigenvalue weighted by Crippen LogP contribution is 2.26. The molecule has 3 N–H and O–H groups in total. The van der Waals surface area contributed by atoms with Crippen LogP contribution in [0.1, 0.15) is 13.8 Å². The molecule has 0 bridgehead atoms. The summed E-state index contributed by atoms with van der Waals surface area (Å²) in [6.07, 6.45) is 0. The fourth-order valence-electron chi connectivity index (χ4n) is 1.27. The molecule has 0 saturated carbocycles. The highest BCUT2D eigenvalue weighted by atomic mass is 35.5. The van der Waals surface area contributed by atoms with Gasteiger partial charge >= 0.3 is 0 Å².